The summed E-state index contributed by atoms with van der Waals surface area (Å²) in [6.45, 7) is 0.576. The SMILES string of the molecule is CN(C)CC#Cc1cnccc1OCC(=N)n1nc(-c2ccccc2)ccc1=N. The highest BCUT2D eigenvalue weighted by atomic mass is 16.5. The van der Waals surface area contributed by atoms with E-state index in [1.165, 1.54) is 4.68 Å². The molecule has 7 heteroatoms. The first-order valence-corrected chi connectivity index (χ1v) is 9.03. The smallest absolute Gasteiger partial charge is 0.162 e. The van der Waals surface area contributed by atoms with Crippen molar-refractivity contribution in [3.05, 3.63) is 72.0 Å². The Hall–Kier alpha value is -3.76. The third kappa shape index (κ3) is 5.37. The second-order valence-corrected chi connectivity index (χ2v) is 6.53. The molecule has 0 aliphatic carbocycles. The number of rotatable bonds is 5. The molecule has 0 fully saturated rings. The third-order valence-electron chi connectivity index (χ3n) is 3.92. The maximum absolute atomic E-state index is 8.34. The van der Waals surface area contributed by atoms with Gasteiger partial charge in [-0.2, -0.15) is 9.78 Å². The number of benzene rings is 1. The van der Waals surface area contributed by atoms with Crippen LogP contribution in [0.5, 0.6) is 5.75 Å². The number of aromatic nitrogens is 3. The normalized spacial score (nSPS) is 10.3. The lowest BCUT2D eigenvalue weighted by molar-refractivity contribution is 0.368. The lowest BCUT2D eigenvalue weighted by Gasteiger charge is -2.12. The number of ether oxygens (including phenoxy) is 1. The summed E-state index contributed by atoms with van der Waals surface area (Å²) in [6, 6.07) is 14.8. The van der Waals surface area contributed by atoms with Gasteiger partial charge in [-0.05, 0) is 32.3 Å². The predicted molar refractivity (Wildman–Crippen MR) is 112 cm³/mol. The summed E-state index contributed by atoms with van der Waals surface area (Å²) < 4.78 is 7.05. The van der Waals surface area contributed by atoms with Crippen LogP contribution in [0.1, 0.15) is 5.56 Å². The minimum absolute atomic E-state index is 0.0475. The molecule has 0 radical (unpaired) electrons. The van der Waals surface area contributed by atoms with Crippen LogP contribution in [0.15, 0.2) is 60.9 Å². The fourth-order valence-electron chi connectivity index (χ4n) is 2.49. The summed E-state index contributed by atoms with van der Waals surface area (Å²) in [4.78, 5) is 6.06. The van der Waals surface area contributed by atoms with Gasteiger partial charge < -0.3 is 4.74 Å². The molecular weight excluding hydrogens is 364 g/mol. The Kier molecular flexibility index (Phi) is 6.51. The Bertz CT molecular complexity index is 1110. The molecule has 2 aromatic heterocycles. The van der Waals surface area contributed by atoms with Crippen molar-refractivity contribution in [2.24, 2.45) is 0 Å². The molecule has 0 aliphatic rings. The molecule has 0 bridgehead atoms. The minimum atomic E-state index is -0.0475. The van der Waals surface area contributed by atoms with Crippen molar-refractivity contribution < 1.29 is 4.74 Å². The first-order chi connectivity index (χ1) is 14.0. The Morgan fingerprint density at radius 3 is 2.69 bits per heavy atom. The molecule has 0 aliphatic heterocycles. The van der Waals surface area contributed by atoms with Crippen molar-refractivity contribution >= 4 is 5.84 Å². The van der Waals surface area contributed by atoms with Crippen molar-refractivity contribution in [3.63, 3.8) is 0 Å². The van der Waals surface area contributed by atoms with E-state index in [9.17, 15) is 0 Å². The van der Waals surface area contributed by atoms with Crippen LogP contribution < -0.4 is 10.2 Å². The van der Waals surface area contributed by atoms with Gasteiger partial charge in [-0.3, -0.25) is 20.7 Å². The standard InChI is InChI=1S/C22H22N6O/c1-27(2)14-6-9-18-15-25-13-12-20(18)29-16-22(24)28-21(23)11-10-19(26-28)17-7-4-3-5-8-17/h3-5,7-8,10-13,15,23-24H,14,16H2,1-2H3. The molecular formula is C22H22N6O. The van der Waals surface area contributed by atoms with E-state index in [0.29, 0.717) is 23.6 Å². The van der Waals surface area contributed by atoms with Crippen molar-refractivity contribution in [3.8, 4) is 28.8 Å². The molecule has 0 spiro atoms. The molecule has 0 atom stereocenters. The van der Waals surface area contributed by atoms with Gasteiger partial charge in [0.2, 0.25) is 0 Å². The first kappa shape index (κ1) is 20.0. The van der Waals surface area contributed by atoms with Gasteiger partial charge in [-0.25, -0.2) is 0 Å². The van der Waals surface area contributed by atoms with E-state index in [2.05, 4.69) is 21.9 Å². The second kappa shape index (κ2) is 9.44. The molecule has 3 rings (SSSR count). The monoisotopic (exact) mass is 386 g/mol. The summed E-state index contributed by atoms with van der Waals surface area (Å²) in [7, 11) is 3.89. The average Bonchev–Trinajstić information content (AvgIpc) is 2.73. The lowest BCUT2D eigenvalue weighted by Crippen LogP contribution is -2.32. The average molecular weight is 386 g/mol. The molecule has 3 aromatic rings. The zero-order chi connectivity index (χ0) is 20.6. The zero-order valence-electron chi connectivity index (χ0n) is 16.4. The largest absolute Gasteiger partial charge is 0.484 e. The van der Waals surface area contributed by atoms with Crippen molar-refractivity contribution in [2.75, 3.05) is 27.2 Å². The van der Waals surface area contributed by atoms with Crippen LogP contribution in [0, 0.1) is 22.7 Å². The third-order valence-corrected chi connectivity index (χ3v) is 3.92. The number of hydrogen-bond acceptors (Lipinski definition) is 6. The van der Waals surface area contributed by atoms with E-state index in [0.717, 1.165) is 5.56 Å². The summed E-state index contributed by atoms with van der Waals surface area (Å²) in [5.74, 6) is 6.69. The van der Waals surface area contributed by atoms with Crippen LogP contribution in [0.2, 0.25) is 0 Å². The zero-order valence-corrected chi connectivity index (χ0v) is 16.4. The fraction of sp³-hybridized carbons (Fsp3) is 0.182. The number of nitrogens with zero attached hydrogens (tertiary/aromatic N) is 4. The quantitative estimate of drug-likeness (QED) is 0.400. The van der Waals surface area contributed by atoms with Gasteiger partial charge in [0, 0.05) is 18.0 Å². The van der Waals surface area contributed by atoms with Crippen LogP contribution in [0.3, 0.4) is 0 Å². The van der Waals surface area contributed by atoms with Crippen LogP contribution in [0.25, 0.3) is 11.3 Å². The molecule has 2 heterocycles. The van der Waals surface area contributed by atoms with E-state index in [-0.39, 0.29) is 17.9 Å². The molecule has 0 unspecified atom stereocenters. The first-order valence-electron chi connectivity index (χ1n) is 9.03. The molecule has 146 valence electrons. The fourth-order valence-corrected chi connectivity index (χ4v) is 2.49. The van der Waals surface area contributed by atoms with Crippen molar-refractivity contribution in [1.29, 1.82) is 10.8 Å². The summed E-state index contributed by atoms with van der Waals surface area (Å²) in [5, 5.41) is 20.8. The molecule has 0 saturated heterocycles. The predicted octanol–water partition coefficient (Wildman–Crippen LogP) is 2.24. The molecule has 2 N–H and O–H groups in total. The van der Waals surface area contributed by atoms with Gasteiger partial charge in [0.05, 0.1) is 17.8 Å². The summed E-state index contributed by atoms with van der Waals surface area (Å²) in [6.07, 6.45) is 3.26. The van der Waals surface area contributed by atoms with Crippen LogP contribution in [-0.4, -0.2) is 52.7 Å². The minimum Gasteiger partial charge on any atom is -0.484 e. The second-order valence-electron chi connectivity index (χ2n) is 6.53. The molecule has 1 aromatic carbocycles. The summed E-state index contributed by atoms with van der Waals surface area (Å²) >= 11 is 0. The van der Waals surface area contributed by atoms with Crippen molar-refractivity contribution in [1.82, 2.24) is 19.7 Å². The van der Waals surface area contributed by atoms with E-state index in [1.807, 2.05) is 49.3 Å². The van der Waals surface area contributed by atoms with Gasteiger partial charge >= 0.3 is 0 Å². The van der Waals surface area contributed by atoms with E-state index in [1.54, 1.807) is 30.6 Å². The Morgan fingerprint density at radius 1 is 1.14 bits per heavy atom. The van der Waals surface area contributed by atoms with E-state index < -0.39 is 0 Å². The topological polar surface area (TPSA) is 90.9 Å². The molecule has 0 saturated carbocycles. The van der Waals surface area contributed by atoms with Gasteiger partial charge in [0.15, 0.2) is 5.84 Å². The van der Waals surface area contributed by atoms with Gasteiger partial charge in [-0.15, -0.1) is 0 Å². The molecule has 29 heavy (non-hydrogen) atoms. The van der Waals surface area contributed by atoms with Crippen LogP contribution >= 0.6 is 0 Å². The molecule has 0 amide bonds. The Labute approximate surface area is 169 Å². The maximum atomic E-state index is 8.34. The molecule has 7 nitrogen and oxygen atoms in total. The lowest BCUT2D eigenvalue weighted by atomic mass is 10.1. The van der Waals surface area contributed by atoms with Crippen LogP contribution in [-0.2, 0) is 0 Å². The maximum Gasteiger partial charge on any atom is 0.162 e. The number of nitrogens with one attached hydrogen (secondary N) is 2. The highest BCUT2D eigenvalue weighted by Gasteiger charge is 2.08. The Morgan fingerprint density at radius 2 is 1.93 bits per heavy atom. The highest BCUT2D eigenvalue weighted by Crippen LogP contribution is 2.16. The van der Waals surface area contributed by atoms with Gasteiger partial charge in [-0.1, -0.05) is 42.2 Å². The van der Waals surface area contributed by atoms with Gasteiger partial charge in [0.1, 0.15) is 17.8 Å². The number of hydrogen-bond donors (Lipinski definition) is 2. The Balaban J connectivity index is 1.77. The van der Waals surface area contributed by atoms with E-state index in [4.69, 9.17) is 15.6 Å². The van der Waals surface area contributed by atoms with E-state index >= 15 is 0 Å². The highest BCUT2D eigenvalue weighted by molar-refractivity contribution is 5.82. The van der Waals surface area contributed by atoms with Crippen LogP contribution in [0.4, 0.5) is 0 Å². The number of pyridine rings is 1. The van der Waals surface area contributed by atoms with Crippen molar-refractivity contribution in [2.45, 2.75) is 0 Å². The summed E-state index contributed by atoms with van der Waals surface area (Å²) in [5.41, 5.74) is 2.37. The van der Waals surface area contributed by atoms with Gasteiger partial charge in [0.25, 0.3) is 0 Å².